The molecular formula is C26H31N3O6. The van der Waals surface area contributed by atoms with Crippen molar-refractivity contribution in [2.75, 3.05) is 27.4 Å². The third kappa shape index (κ3) is 6.11. The number of aromatic nitrogens is 2. The zero-order valence-corrected chi connectivity index (χ0v) is 21.0. The number of benzene rings is 1. The van der Waals surface area contributed by atoms with Gasteiger partial charge in [-0.3, -0.25) is 9.36 Å². The first-order valence-corrected chi connectivity index (χ1v) is 11.2. The van der Waals surface area contributed by atoms with Crippen LogP contribution in [0.25, 0.3) is 11.9 Å². The van der Waals surface area contributed by atoms with Gasteiger partial charge in [0.05, 0.1) is 14.2 Å². The van der Waals surface area contributed by atoms with E-state index in [0.29, 0.717) is 36.2 Å². The molecule has 0 aliphatic heterocycles. The molecule has 0 saturated carbocycles. The van der Waals surface area contributed by atoms with E-state index in [2.05, 4.69) is 5.16 Å². The molecule has 1 aromatic carbocycles. The minimum atomic E-state index is -0.595. The average molecular weight is 482 g/mol. The maximum atomic E-state index is 12.6. The van der Waals surface area contributed by atoms with Crippen molar-refractivity contribution < 1.29 is 28.3 Å². The fraction of sp³-hybridized carbons (Fsp3) is 0.346. The summed E-state index contributed by atoms with van der Waals surface area (Å²) in [5.41, 5.74) is 3.58. The fourth-order valence-electron chi connectivity index (χ4n) is 3.77. The molecule has 9 heteroatoms. The van der Waals surface area contributed by atoms with Crippen molar-refractivity contribution in [1.29, 1.82) is 0 Å². The van der Waals surface area contributed by atoms with Gasteiger partial charge in [-0.15, -0.1) is 0 Å². The minimum Gasteiger partial charge on any atom is -0.493 e. The van der Waals surface area contributed by atoms with Crippen LogP contribution in [0.5, 0.6) is 11.5 Å². The molecule has 0 radical (unpaired) electrons. The van der Waals surface area contributed by atoms with Crippen LogP contribution in [0.1, 0.15) is 35.2 Å². The van der Waals surface area contributed by atoms with E-state index in [1.807, 2.05) is 56.5 Å². The van der Waals surface area contributed by atoms with Gasteiger partial charge in [0.2, 0.25) is 0 Å². The predicted octanol–water partition coefficient (Wildman–Crippen LogP) is 4.01. The predicted molar refractivity (Wildman–Crippen MR) is 131 cm³/mol. The van der Waals surface area contributed by atoms with Crippen molar-refractivity contribution in [1.82, 2.24) is 14.6 Å². The minimum absolute atomic E-state index is 0.288. The molecule has 186 valence electrons. The summed E-state index contributed by atoms with van der Waals surface area (Å²) in [7, 11) is 3.13. The Morgan fingerprint density at radius 2 is 1.83 bits per heavy atom. The lowest BCUT2D eigenvalue weighted by Gasteiger charge is -2.21. The highest BCUT2D eigenvalue weighted by Gasteiger charge is 2.16. The molecule has 1 amide bonds. The maximum Gasteiger partial charge on any atom is 0.331 e. The van der Waals surface area contributed by atoms with Crippen LogP contribution >= 0.6 is 0 Å². The number of aryl methyl sites for hydroxylation is 2. The number of carbonyl (C=O) groups excluding carboxylic acids is 2. The van der Waals surface area contributed by atoms with Gasteiger partial charge in [0, 0.05) is 36.6 Å². The first-order chi connectivity index (χ1) is 16.8. The van der Waals surface area contributed by atoms with E-state index in [1.54, 1.807) is 31.3 Å². The fourth-order valence-corrected chi connectivity index (χ4v) is 3.77. The number of ether oxygens (including phenoxy) is 3. The quantitative estimate of drug-likeness (QED) is 0.319. The third-order valence-corrected chi connectivity index (χ3v) is 5.61. The van der Waals surface area contributed by atoms with Gasteiger partial charge in [-0.05, 0) is 63.1 Å². The summed E-state index contributed by atoms with van der Waals surface area (Å²) in [6.45, 7) is 8.05. The molecule has 0 N–H and O–H groups in total. The number of esters is 1. The monoisotopic (exact) mass is 481 g/mol. The van der Waals surface area contributed by atoms with Gasteiger partial charge in [-0.1, -0.05) is 11.2 Å². The Labute approximate surface area is 204 Å². The molecule has 0 aliphatic carbocycles. The highest BCUT2D eigenvalue weighted by molar-refractivity contribution is 5.89. The highest BCUT2D eigenvalue weighted by atomic mass is 16.5. The molecule has 2 heterocycles. The number of likely N-dealkylation sites (N-methyl/N-ethyl adjacent to an activating group) is 1. The molecule has 0 spiro atoms. The van der Waals surface area contributed by atoms with Crippen LogP contribution in [0.4, 0.5) is 0 Å². The zero-order chi connectivity index (χ0) is 25.5. The Morgan fingerprint density at radius 3 is 2.46 bits per heavy atom. The Hall–Kier alpha value is -4.01. The standard InChI is InChI=1S/C26H31N3O6/c1-7-28(15-20-8-10-22(32-5)23(14-20)33-6)25(30)16-34-26(31)11-9-21-12-17(2)29(19(21)4)24-13-18(3)35-27-24/h8-14H,7,15-16H2,1-6H3/b11-9+. The van der Waals surface area contributed by atoms with Crippen molar-refractivity contribution >= 4 is 18.0 Å². The second-order valence-corrected chi connectivity index (χ2v) is 8.00. The third-order valence-electron chi connectivity index (χ3n) is 5.61. The lowest BCUT2D eigenvalue weighted by molar-refractivity contribution is -0.148. The van der Waals surface area contributed by atoms with E-state index in [1.165, 1.54) is 6.08 Å². The van der Waals surface area contributed by atoms with Crippen LogP contribution in [0.15, 0.2) is 40.9 Å². The van der Waals surface area contributed by atoms with Crippen LogP contribution in [0, 0.1) is 20.8 Å². The van der Waals surface area contributed by atoms with E-state index in [4.69, 9.17) is 18.7 Å². The van der Waals surface area contributed by atoms with Gasteiger partial charge in [0.1, 0.15) is 5.76 Å². The molecule has 3 aromatic rings. The normalized spacial score (nSPS) is 11.0. The molecular weight excluding hydrogens is 450 g/mol. The summed E-state index contributed by atoms with van der Waals surface area (Å²) in [5.74, 6) is 1.71. The number of nitrogens with zero attached hydrogens (tertiary/aromatic N) is 3. The zero-order valence-electron chi connectivity index (χ0n) is 21.0. The first kappa shape index (κ1) is 25.6. The number of carbonyl (C=O) groups is 2. The maximum absolute atomic E-state index is 12.6. The summed E-state index contributed by atoms with van der Waals surface area (Å²) in [5, 5.41) is 4.05. The average Bonchev–Trinajstić information content (AvgIpc) is 3.40. The van der Waals surface area contributed by atoms with E-state index in [9.17, 15) is 9.59 Å². The lowest BCUT2D eigenvalue weighted by atomic mass is 10.2. The number of rotatable bonds is 10. The van der Waals surface area contributed by atoms with Crippen molar-refractivity contribution in [3.8, 4) is 17.3 Å². The lowest BCUT2D eigenvalue weighted by Crippen LogP contribution is -2.34. The second-order valence-electron chi connectivity index (χ2n) is 8.00. The molecule has 0 bridgehead atoms. The summed E-state index contributed by atoms with van der Waals surface area (Å²) in [4.78, 5) is 26.5. The number of amides is 1. The largest absolute Gasteiger partial charge is 0.493 e. The number of hydrogen-bond acceptors (Lipinski definition) is 7. The molecule has 2 aromatic heterocycles. The van der Waals surface area contributed by atoms with Gasteiger partial charge >= 0.3 is 5.97 Å². The topological polar surface area (TPSA) is 96.0 Å². The van der Waals surface area contributed by atoms with Crippen molar-refractivity contribution in [3.63, 3.8) is 0 Å². The molecule has 0 unspecified atom stereocenters. The highest BCUT2D eigenvalue weighted by Crippen LogP contribution is 2.28. The molecule has 0 aliphatic rings. The molecule has 0 atom stereocenters. The Bertz CT molecular complexity index is 1220. The van der Waals surface area contributed by atoms with Crippen LogP contribution < -0.4 is 9.47 Å². The number of methoxy groups -OCH3 is 2. The van der Waals surface area contributed by atoms with Crippen molar-refractivity contribution in [2.24, 2.45) is 0 Å². The van der Waals surface area contributed by atoms with Gasteiger partial charge in [-0.2, -0.15) is 0 Å². The van der Waals surface area contributed by atoms with Crippen molar-refractivity contribution in [2.45, 2.75) is 34.2 Å². The van der Waals surface area contributed by atoms with Crippen molar-refractivity contribution in [3.05, 3.63) is 64.7 Å². The molecule has 35 heavy (non-hydrogen) atoms. The van der Waals surface area contributed by atoms with Crippen LogP contribution in [0.2, 0.25) is 0 Å². The Balaban J connectivity index is 1.59. The Morgan fingerprint density at radius 1 is 1.09 bits per heavy atom. The SMILES string of the molecule is CCN(Cc1ccc(OC)c(OC)c1)C(=O)COC(=O)/C=C/c1cc(C)n(-c2cc(C)on2)c1C. The van der Waals surface area contributed by atoms with E-state index >= 15 is 0 Å². The summed E-state index contributed by atoms with van der Waals surface area (Å²) in [6, 6.07) is 9.26. The van der Waals surface area contributed by atoms with E-state index in [0.717, 1.165) is 22.5 Å². The van der Waals surface area contributed by atoms with Gasteiger partial charge < -0.3 is 23.6 Å². The summed E-state index contributed by atoms with van der Waals surface area (Å²) < 4.78 is 22.9. The van der Waals surface area contributed by atoms with E-state index in [-0.39, 0.29) is 12.5 Å². The van der Waals surface area contributed by atoms with Crippen LogP contribution in [0.3, 0.4) is 0 Å². The Kier molecular flexibility index (Phi) is 8.35. The summed E-state index contributed by atoms with van der Waals surface area (Å²) in [6.07, 6.45) is 2.98. The van der Waals surface area contributed by atoms with Gasteiger partial charge in [0.15, 0.2) is 23.9 Å². The molecule has 0 saturated heterocycles. The molecule has 9 nitrogen and oxygen atoms in total. The van der Waals surface area contributed by atoms with Crippen LogP contribution in [-0.4, -0.2) is 53.9 Å². The number of hydrogen-bond donors (Lipinski definition) is 0. The molecule has 3 rings (SSSR count). The van der Waals surface area contributed by atoms with Crippen LogP contribution in [-0.2, 0) is 20.9 Å². The second kappa shape index (κ2) is 11.4. The van der Waals surface area contributed by atoms with Gasteiger partial charge in [0.25, 0.3) is 5.91 Å². The smallest absolute Gasteiger partial charge is 0.331 e. The van der Waals surface area contributed by atoms with E-state index < -0.39 is 5.97 Å². The summed E-state index contributed by atoms with van der Waals surface area (Å²) >= 11 is 0. The molecule has 0 fully saturated rings. The first-order valence-electron chi connectivity index (χ1n) is 11.2. The van der Waals surface area contributed by atoms with Gasteiger partial charge in [-0.25, -0.2) is 4.79 Å².